The molecule has 6 aromatic rings. The van der Waals surface area contributed by atoms with Gasteiger partial charge in [0.15, 0.2) is 0 Å². The van der Waals surface area contributed by atoms with E-state index < -0.39 is 27.0 Å². The molecular formula is C36H36FGeIrN3O-2. The minimum Gasteiger partial charge on any atom is 0 e. The Kier molecular flexibility index (Phi) is 7.50. The molecule has 223 valence electrons. The van der Waals surface area contributed by atoms with E-state index in [9.17, 15) is 4.39 Å². The summed E-state index contributed by atoms with van der Waals surface area (Å²) in [7, 11) is 0. The Morgan fingerprint density at radius 2 is 1.70 bits per heavy atom. The number of aromatic nitrogens is 3. The Morgan fingerprint density at radius 1 is 0.907 bits per heavy atom. The third-order valence-electron chi connectivity index (χ3n) is 6.97. The number of rotatable bonds is 3. The molecule has 4 nitrogen and oxygen atoms in total. The molecule has 0 aliphatic carbocycles. The molecule has 4 aromatic heterocycles. The fourth-order valence-corrected chi connectivity index (χ4v) is 7.43. The number of furan rings is 1. The van der Waals surface area contributed by atoms with E-state index in [2.05, 4.69) is 65.1 Å². The van der Waals surface area contributed by atoms with Crippen LogP contribution in [-0.2, 0) is 25.5 Å². The van der Waals surface area contributed by atoms with Crippen LogP contribution in [0.4, 0.5) is 4.39 Å². The van der Waals surface area contributed by atoms with Crippen LogP contribution in [0.25, 0.3) is 44.6 Å². The molecular weight excluding hydrogens is 774 g/mol. The molecule has 0 spiro atoms. The summed E-state index contributed by atoms with van der Waals surface area (Å²) in [5, 5.41) is 1.09. The van der Waals surface area contributed by atoms with Crippen LogP contribution in [0.15, 0.2) is 77.6 Å². The maximum Gasteiger partial charge on any atom is 0 e. The summed E-state index contributed by atoms with van der Waals surface area (Å²) in [5.41, 5.74) is 5.11. The van der Waals surface area contributed by atoms with Gasteiger partial charge in [-0.3, -0.25) is 0 Å². The predicted molar refractivity (Wildman–Crippen MR) is 173 cm³/mol. The molecule has 0 amide bonds. The van der Waals surface area contributed by atoms with E-state index in [0.717, 1.165) is 15.7 Å². The fourth-order valence-electron chi connectivity index (χ4n) is 4.63. The van der Waals surface area contributed by atoms with Gasteiger partial charge in [-0.05, 0) is 28.8 Å². The maximum absolute atomic E-state index is 14.2. The monoisotopic (exact) mass is 818 g/mol. The van der Waals surface area contributed by atoms with Crippen molar-refractivity contribution in [2.24, 2.45) is 0 Å². The number of benzene rings is 2. The Hall–Kier alpha value is -3.19. The number of fused-ring (bicyclic) bond motifs is 3. The average molecular weight is 817 g/mol. The minimum absolute atomic E-state index is 0. The summed E-state index contributed by atoms with van der Waals surface area (Å²) in [6.07, 6.45) is 4.86. The Morgan fingerprint density at radius 3 is 2.37 bits per heavy atom. The number of halogens is 1. The van der Waals surface area contributed by atoms with E-state index in [1.165, 1.54) is 30.0 Å². The maximum atomic E-state index is 14.2. The molecule has 0 saturated heterocycles. The number of hydrogen-bond donors (Lipinski definition) is 0. The van der Waals surface area contributed by atoms with Crippen LogP contribution in [-0.4, -0.2) is 28.2 Å². The first kappa shape index (κ1) is 25.2. The third-order valence-corrected chi connectivity index (χ3v) is 11.2. The summed E-state index contributed by atoms with van der Waals surface area (Å²) in [5.74, 6) is 6.04. The van der Waals surface area contributed by atoms with Crippen molar-refractivity contribution in [3.05, 3.63) is 108 Å². The molecule has 0 bridgehead atoms. The van der Waals surface area contributed by atoms with Crippen LogP contribution in [0.3, 0.4) is 0 Å². The van der Waals surface area contributed by atoms with Gasteiger partial charge in [0.1, 0.15) is 5.82 Å². The Labute approximate surface area is 278 Å². The quantitative estimate of drug-likeness (QED) is 0.132. The van der Waals surface area contributed by atoms with E-state index >= 15 is 0 Å². The SMILES string of the molecule is CC(C)(C)c1ccnc(-c2[c-]ccc3c2oc2nccc(F)c23)c1.[2H]C([2H])([2H])c1c[c-]c(-c2cc(C([2H])([2H])[2H])[c]([Ge]([CH3])([CH3])[CH3])cn2)cc1.[Ir]. The standard InChI is InChI=1S/C20H16FN2O.C16H20GeN.Ir/c1-20(2,3)12-7-9-22-16(11-12)13-5-4-6-14-17-15(21)8-10-23-19(17)24-18(13)14;1-12-6-8-14(9-7-12)16-10-13(2)15(11-18-16)17(3,4)5;/h4,6-11H,1-3H3;6-8,10-11H,1-5H3;/q2*-1;/i;1D3,2D3;. The van der Waals surface area contributed by atoms with Crippen LogP contribution in [0.1, 0.15) is 45.7 Å². The van der Waals surface area contributed by atoms with Gasteiger partial charge in [0.05, 0.1) is 11.0 Å². The predicted octanol–water partition coefficient (Wildman–Crippen LogP) is 8.99. The summed E-state index contributed by atoms with van der Waals surface area (Å²) in [6, 6.07) is 21.2. The van der Waals surface area contributed by atoms with Gasteiger partial charge in [-0.1, -0.05) is 37.8 Å². The number of pyridine rings is 3. The van der Waals surface area contributed by atoms with Crippen molar-refractivity contribution in [1.82, 2.24) is 15.0 Å². The molecule has 0 N–H and O–H groups in total. The number of hydrogen-bond acceptors (Lipinski definition) is 4. The summed E-state index contributed by atoms with van der Waals surface area (Å²) in [6.45, 7) is 2.06. The van der Waals surface area contributed by atoms with Gasteiger partial charge >= 0.3 is 121 Å². The van der Waals surface area contributed by atoms with Gasteiger partial charge < -0.3 is 9.40 Å². The fraction of sp³-hybridized carbons (Fsp3) is 0.250. The van der Waals surface area contributed by atoms with Gasteiger partial charge in [0.2, 0.25) is 5.71 Å². The second kappa shape index (κ2) is 12.8. The summed E-state index contributed by atoms with van der Waals surface area (Å²) >= 11 is -2.38. The van der Waals surface area contributed by atoms with Gasteiger partial charge in [-0.2, -0.15) is 0 Å². The van der Waals surface area contributed by atoms with E-state index in [4.69, 9.17) is 12.6 Å². The van der Waals surface area contributed by atoms with Crippen molar-refractivity contribution in [3.8, 4) is 22.5 Å². The summed E-state index contributed by atoms with van der Waals surface area (Å²) in [4.78, 5) is 13.0. The van der Waals surface area contributed by atoms with Crippen LogP contribution in [0.5, 0.6) is 0 Å². The van der Waals surface area contributed by atoms with Crippen LogP contribution >= 0.6 is 0 Å². The van der Waals surface area contributed by atoms with E-state index in [1.54, 1.807) is 36.7 Å². The largest absolute Gasteiger partial charge is 0 e. The van der Waals surface area contributed by atoms with Crippen LogP contribution in [0, 0.1) is 31.7 Å². The zero-order chi connectivity index (χ0) is 35.2. The number of aryl methyl sites for hydroxylation is 2. The van der Waals surface area contributed by atoms with Gasteiger partial charge in [-0.25, -0.2) is 9.37 Å². The normalized spacial score (nSPS) is 14.3. The van der Waals surface area contributed by atoms with Crippen molar-refractivity contribution in [3.63, 3.8) is 0 Å². The third kappa shape index (κ3) is 7.14. The molecule has 7 heteroatoms. The molecule has 0 saturated carbocycles. The molecule has 6 rings (SSSR count). The topological polar surface area (TPSA) is 51.8 Å². The second-order valence-electron chi connectivity index (χ2n) is 12.2. The van der Waals surface area contributed by atoms with Gasteiger partial charge in [0.25, 0.3) is 0 Å². The molecule has 0 atom stereocenters. The van der Waals surface area contributed by atoms with E-state index in [1.807, 2.05) is 12.1 Å². The van der Waals surface area contributed by atoms with Crippen molar-refractivity contribution in [2.45, 2.75) is 57.2 Å². The van der Waals surface area contributed by atoms with E-state index in [0.29, 0.717) is 33.2 Å². The first-order valence-corrected chi connectivity index (χ1v) is 21.0. The van der Waals surface area contributed by atoms with Gasteiger partial charge in [0, 0.05) is 32.5 Å². The van der Waals surface area contributed by atoms with Crippen molar-refractivity contribution < 1.29 is 37.1 Å². The molecule has 0 aliphatic rings. The van der Waals surface area contributed by atoms with Gasteiger partial charge in [-0.15, -0.1) is 18.2 Å². The molecule has 43 heavy (non-hydrogen) atoms. The first-order valence-electron chi connectivity index (χ1n) is 16.6. The molecule has 0 aliphatic heterocycles. The molecule has 4 heterocycles. The molecule has 0 unspecified atom stereocenters. The Bertz CT molecular complexity index is 2100. The van der Waals surface area contributed by atoms with Crippen molar-refractivity contribution in [2.75, 3.05) is 0 Å². The molecule has 1 radical (unpaired) electrons. The second-order valence-corrected chi connectivity index (χ2v) is 22.8. The molecule has 2 aromatic carbocycles. The summed E-state index contributed by atoms with van der Waals surface area (Å²) < 4.78 is 66.5. The smallest absolute Gasteiger partial charge is 0 e. The molecule has 0 fully saturated rings. The van der Waals surface area contributed by atoms with E-state index in [-0.39, 0.29) is 42.6 Å². The first-order chi connectivity index (χ1) is 22.2. The van der Waals surface area contributed by atoms with Crippen LogP contribution in [0.2, 0.25) is 17.3 Å². The minimum atomic E-state index is -2.38. The van der Waals surface area contributed by atoms with Crippen molar-refractivity contribution in [1.29, 1.82) is 0 Å². The number of nitrogens with zero attached hydrogens (tertiary/aromatic N) is 3. The zero-order valence-electron chi connectivity index (χ0n) is 30.9. The van der Waals surface area contributed by atoms with Crippen molar-refractivity contribution >= 4 is 39.7 Å². The van der Waals surface area contributed by atoms with Crippen LogP contribution < -0.4 is 4.40 Å². The average Bonchev–Trinajstić information content (AvgIpc) is 3.40. The zero-order valence-corrected chi connectivity index (χ0v) is 29.4. The Balaban J connectivity index is 0.000000216.